The van der Waals surface area contributed by atoms with Crippen molar-refractivity contribution in [1.29, 1.82) is 0 Å². The number of likely N-dealkylation sites (tertiary alicyclic amines) is 1. The van der Waals surface area contributed by atoms with Crippen molar-refractivity contribution in [1.82, 2.24) is 39.9 Å². The van der Waals surface area contributed by atoms with Gasteiger partial charge in [-0.15, -0.1) is 5.10 Å². The van der Waals surface area contributed by atoms with E-state index < -0.39 is 29.7 Å². The van der Waals surface area contributed by atoms with Crippen molar-refractivity contribution >= 4 is 34.9 Å². The third-order valence-electron chi connectivity index (χ3n) is 11.9. The number of rotatable bonds is 4. The van der Waals surface area contributed by atoms with E-state index in [0.29, 0.717) is 49.2 Å². The fourth-order valence-corrected chi connectivity index (χ4v) is 9.37. The lowest BCUT2D eigenvalue weighted by Crippen LogP contribution is -2.73. The van der Waals surface area contributed by atoms with Gasteiger partial charge in [0.1, 0.15) is 11.7 Å². The van der Waals surface area contributed by atoms with Gasteiger partial charge in [-0.3, -0.25) is 14.5 Å². The summed E-state index contributed by atoms with van der Waals surface area (Å²) in [7, 11) is 0. The first kappa shape index (κ1) is 33.0. The number of nitrogens with zero attached hydrogens (tertiary/aromatic N) is 6. The average Bonchev–Trinajstić information content (AvgIpc) is 3.19. The number of carbonyl (C=O) groups excluding carboxylic acids is 2. The van der Waals surface area contributed by atoms with Crippen molar-refractivity contribution in [2.75, 3.05) is 51.5 Å². The van der Waals surface area contributed by atoms with Gasteiger partial charge < -0.3 is 26.2 Å². The van der Waals surface area contributed by atoms with Crippen LogP contribution in [0, 0.1) is 5.92 Å². The summed E-state index contributed by atoms with van der Waals surface area (Å²) in [4.78, 5) is 38.9. The van der Waals surface area contributed by atoms with Crippen LogP contribution in [0.1, 0.15) is 93.8 Å². The summed E-state index contributed by atoms with van der Waals surface area (Å²) in [6.07, 6.45) is 14.9. The molecule has 2 aromatic heterocycles. The molecule has 11 nitrogen and oxygen atoms in total. The Bertz CT molecular complexity index is 1410. The number of nitrogens with two attached hydrogens (primary N) is 1. The third kappa shape index (κ3) is 6.72. The Balaban J connectivity index is 1.11. The van der Waals surface area contributed by atoms with Crippen molar-refractivity contribution in [2.45, 2.75) is 113 Å². The minimum atomic E-state index is -1.18. The predicted molar refractivity (Wildman–Crippen MR) is 180 cm³/mol. The number of alkyl halides is 1. The first-order valence-electron chi connectivity index (χ1n) is 18.1. The number of hydrogen-bond donors (Lipinski definition) is 3. The number of amides is 2. The molecule has 1 saturated carbocycles. The van der Waals surface area contributed by atoms with Crippen LogP contribution >= 0.6 is 11.6 Å². The second-order valence-electron chi connectivity index (χ2n) is 14.7. The summed E-state index contributed by atoms with van der Waals surface area (Å²) in [5.74, 6) is -0.123. The molecule has 47 heavy (non-hydrogen) atoms. The Morgan fingerprint density at radius 2 is 1.64 bits per heavy atom. The van der Waals surface area contributed by atoms with Crippen LogP contribution in [0.4, 0.5) is 10.2 Å². The third-order valence-corrected chi connectivity index (χ3v) is 12.1. The smallest absolute Gasteiger partial charge is 0.259 e. The summed E-state index contributed by atoms with van der Waals surface area (Å²) in [5.41, 5.74) is 6.06. The summed E-state index contributed by atoms with van der Waals surface area (Å²) in [6.45, 7) is 5.67. The highest BCUT2D eigenvalue weighted by atomic mass is 35.5. The van der Waals surface area contributed by atoms with Gasteiger partial charge in [-0.05, 0) is 51.6 Å². The van der Waals surface area contributed by atoms with Gasteiger partial charge in [-0.1, -0.05) is 56.5 Å². The number of halogens is 2. The number of aromatic nitrogens is 3. The molecule has 13 heteroatoms. The topological polar surface area (TPSA) is 124 Å². The van der Waals surface area contributed by atoms with Crippen LogP contribution in [-0.4, -0.2) is 117 Å². The Kier molecular flexibility index (Phi) is 9.92. The fourth-order valence-electron chi connectivity index (χ4n) is 9.22. The number of anilines is 1. The van der Waals surface area contributed by atoms with Crippen LogP contribution in [0.5, 0.6) is 0 Å². The monoisotopic (exact) mass is 671 g/mol. The zero-order chi connectivity index (χ0) is 32.5. The quantitative estimate of drug-likeness (QED) is 0.450. The van der Waals surface area contributed by atoms with E-state index in [4.69, 9.17) is 17.3 Å². The Labute approximate surface area is 282 Å². The van der Waals surface area contributed by atoms with Crippen LogP contribution in [0.15, 0.2) is 12.4 Å². The molecule has 258 valence electrons. The number of carbonyl (C=O) groups is 2. The van der Waals surface area contributed by atoms with Crippen LogP contribution in [0.25, 0.3) is 5.65 Å². The van der Waals surface area contributed by atoms with Crippen LogP contribution in [-0.2, 0) is 4.79 Å². The first-order valence-corrected chi connectivity index (χ1v) is 18.5. The molecule has 2 aromatic rings. The number of fused-ring (bicyclic) bond motifs is 5. The van der Waals surface area contributed by atoms with E-state index in [1.54, 1.807) is 6.20 Å². The zero-order valence-electron chi connectivity index (χ0n) is 27.5. The SMILES string of the molecule is Nc1nn2cc(Cl)cnc2c1C(=O)NC1CNC2(CCCCCCCCC2)C(F)C1N1CCC(C(=O)N2CCN3CCC2CC3)CC1. The van der Waals surface area contributed by atoms with Crippen molar-refractivity contribution in [2.24, 2.45) is 5.92 Å². The number of nitrogen functional groups attached to an aromatic ring is 1. The second-order valence-corrected chi connectivity index (χ2v) is 15.1. The zero-order valence-corrected chi connectivity index (χ0v) is 28.3. The largest absolute Gasteiger partial charge is 0.381 e. The summed E-state index contributed by atoms with van der Waals surface area (Å²) in [5, 5.41) is 11.4. The predicted octanol–water partition coefficient (Wildman–Crippen LogP) is 3.66. The molecule has 5 saturated heterocycles. The molecule has 0 aromatic carbocycles. The molecule has 4 N–H and O–H groups in total. The molecule has 7 heterocycles. The first-order chi connectivity index (χ1) is 22.8. The highest BCUT2D eigenvalue weighted by molar-refractivity contribution is 6.30. The normalized spacial score (nSPS) is 31.1. The number of nitrogens with one attached hydrogen (secondary N) is 2. The van der Waals surface area contributed by atoms with Crippen molar-refractivity contribution in [3.05, 3.63) is 23.0 Å². The molecule has 5 aliphatic heterocycles. The lowest BCUT2D eigenvalue weighted by atomic mass is 9.73. The van der Waals surface area contributed by atoms with Crippen molar-refractivity contribution in [3.63, 3.8) is 0 Å². The molecule has 3 atom stereocenters. The average molecular weight is 672 g/mol. The molecule has 3 unspecified atom stereocenters. The summed E-state index contributed by atoms with van der Waals surface area (Å²) in [6, 6.07) is -0.669. The van der Waals surface area contributed by atoms with Gasteiger partial charge in [0.15, 0.2) is 11.5 Å². The van der Waals surface area contributed by atoms with E-state index in [9.17, 15) is 9.59 Å². The molecule has 1 spiro atoms. The molecular formula is C34H51ClFN9O2. The van der Waals surface area contributed by atoms with Crippen molar-refractivity contribution in [3.8, 4) is 0 Å². The molecule has 2 amide bonds. The number of piperidine rings is 3. The van der Waals surface area contributed by atoms with E-state index >= 15 is 4.39 Å². The molecule has 1 aliphatic carbocycles. The van der Waals surface area contributed by atoms with E-state index in [1.807, 2.05) is 0 Å². The Morgan fingerprint density at radius 3 is 2.34 bits per heavy atom. The minimum Gasteiger partial charge on any atom is -0.381 e. The van der Waals surface area contributed by atoms with Gasteiger partial charge in [0, 0.05) is 50.9 Å². The minimum absolute atomic E-state index is 0.0367. The van der Waals surface area contributed by atoms with Crippen molar-refractivity contribution < 1.29 is 14.0 Å². The maximum absolute atomic E-state index is 17.4. The Hall–Kier alpha value is -2.54. The standard InChI is InChI=1S/C34H51ClFN9O2/c35-24-20-38-31-27(30(37)41-45(31)22-24)32(46)40-26-21-39-34(12-6-4-2-1-3-5-7-13-34)29(36)28(26)43-16-8-23(9-17-43)33(47)44-19-18-42-14-10-25(44)11-15-42/h20,22-23,25-26,28-29,39H,1-19,21H2,(H2,37,41)(H,40,46). The second kappa shape index (κ2) is 14.1. The highest BCUT2D eigenvalue weighted by Crippen LogP contribution is 2.38. The maximum Gasteiger partial charge on any atom is 0.259 e. The van der Waals surface area contributed by atoms with Crippen LogP contribution in [0.3, 0.4) is 0 Å². The van der Waals surface area contributed by atoms with E-state index in [1.165, 1.54) is 30.0 Å². The Morgan fingerprint density at radius 1 is 0.957 bits per heavy atom. The number of hydrogen-bond acceptors (Lipinski definition) is 8. The van der Waals surface area contributed by atoms with Gasteiger partial charge in [-0.2, -0.15) is 0 Å². The van der Waals surface area contributed by atoms with Gasteiger partial charge in [-0.25, -0.2) is 13.9 Å². The fraction of sp³-hybridized carbons (Fsp3) is 0.765. The molecule has 6 fully saturated rings. The lowest BCUT2D eigenvalue weighted by molar-refractivity contribution is -0.140. The van der Waals surface area contributed by atoms with Gasteiger partial charge in [0.2, 0.25) is 5.91 Å². The summed E-state index contributed by atoms with van der Waals surface area (Å²) >= 11 is 6.10. The van der Waals surface area contributed by atoms with Gasteiger partial charge >= 0.3 is 0 Å². The molecule has 8 rings (SSSR count). The van der Waals surface area contributed by atoms with Gasteiger partial charge in [0.05, 0.1) is 28.8 Å². The van der Waals surface area contributed by atoms with E-state index in [2.05, 4.69) is 35.4 Å². The van der Waals surface area contributed by atoms with E-state index in [-0.39, 0.29) is 23.2 Å². The van der Waals surface area contributed by atoms with E-state index in [0.717, 1.165) is 77.5 Å². The maximum atomic E-state index is 17.4. The molecular weight excluding hydrogens is 621 g/mol. The van der Waals surface area contributed by atoms with Crippen LogP contribution in [0.2, 0.25) is 5.02 Å². The lowest BCUT2D eigenvalue weighted by Gasteiger charge is -2.53. The van der Waals surface area contributed by atoms with Gasteiger partial charge in [0.25, 0.3) is 5.91 Å². The molecule has 0 radical (unpaired) electrons. The van der Waals surface area contributed by atoms with Crippen LogP contribution < -0.4 is 16.4 Å². The summed E-state index contributed by atoms with van der Waals surface area (Å²) < 4.78 is 18.8. The molecule has 2 bridgehead atoms. The highest BCUT2D eigenvalue weighted by Gasteiger charge is 2.52. The molecule has 6 aliphatic rings.